The van der Waals surface area contributed by atoms with Gasteiger partial charge in [-0.2, -0.15) is 5.10 Å². The van der Waals surface area contributed by atoms with E-state index >= 15 is 0 Å². The number of hydrogen-bond donors (Lipinski definition) is 1. The van der Waals surface area contributed by atoms with Crippen molar-refractivity contribution in [3.8, 4) is 5.75 Å². The van der Waals surface area contributed by atoms with E-state index < -0.39 is 0 Å². The third kappa shape index (κ3) is 5.85. The third-order valence-electron chi connectivity index (χ3n) is 4.08. The predicted octanol–water partition coefficient (Wildman–Crippen LogP) is 3.76. The molecule has 0 aliphatic carbocycles. The van der Waals surface area contributed by atoms with Crippen LogP contribution in [0.25, 0.3) is 6.08 Å². The zero-order valence-electron chi connectivity index (χ0n) is 15.1. The summed E-state index contributed by atoms with van der Waals surface area (Å²) >= 11 is 0. The van der Waals surface area contributed by atoms with Crippen molar-refractivity contribution in [3.63, 3.8) is 0 Å². The Bertz CT molecular complexity index is 901. The van der Waals surface area contributed by atoms with Crippen LogP contribution in [0.15, 0.2) is 73.1 Å². The second-order valence-corrected chi connectivity index (χ2v) is 6.23. The van der Waals surface area contributed by atoms with Crippen LogP contribution in [0.1, 0.15) is 17.5 Å². The van der Waals surface area contributed by atoms with E-state index in [9.17, 15) is 4.79 Å². The lowest BCUT2D eigenvalue weighted by Crippen LogP contribution is -2.04. The highest BCUT2D eigenvalue weighted by Gasteiger charge is 2.03. The van der Waals surface area contributed by atoms with E-state index in [1.807, 2.05) is 59.4 Å². The van der Waals surface area contributed by atoms with Gasteiger partial charge in [0.05, 0.1) is 12.8 Å². The van der Waals surface area contributed by atoms with Crippen molar-refractivity contribution >= 4 is 17.5 Å². The first-order valence-corrected chi connectivity index (χ1v) is 8.95. The molecule has 0 spiro atoms. The second kappa shape index (κ2) is 9.38. The molecule has 0 aliphatic rings. The summed E-state index contributed by atoms with van der Waals surface area (Å²) in [6.45, 7) is 1.39. The van der Waals surface area contributed by atoms with Crippen molar-refractivity contribution in [1.29, 1.82) is 0 Å². The van der Waals surface area contributed by atoms with E-state index in [4.69, 9.17) is 10.5 Å². The Hall–Kier alpha value is -3.34. The molecule has 0 saturated carbocycles. The summed E-state index contributed by atoms with van der Waals surface area (Å²) in [5, 5.41) is 4.32. The van der Waals surface area contributed by atoms with Gasteiger partial charge < -0.3 is 10.5 Å². The Balaban J connectivity index is 1.44. The zero-order valence-corrected chi connectivity index (χ0v) is 15.1. The minimum atomic E-state index is 0.0110. The SMILES string of the molecule is Nc1ccccc1CC(=O)/C=C/c1cnn(CCCOc2ccccc2)c1. The molecule has 0 atom stereocenters. The Labute approximate surface area is 159 Å². The summed E-state index contributed by atoms with van der Waals surface area (Å²) < 4.78 is 7.52. The molecule has 1 aromatic heterocycles. The van der Waals surface area contributed by atoms with Gasteiger partial charge in [-0.25, -0.2) is 0 Å². The van der Waals surface area contributed by atoms with Crippen LogP contribution in [-0.2, 0) is 17.8 Å². The van der Waals surface area contributed by atoms with Crippen molar-refractivity contribution in [3.05, 3.63) is 84.2 Å². The summed E-state index contributed by atoms with van der Waals surface area (Å²) in [6.07, 6.45) is 8.18. The van der Waals surface area contributed by atoms with Crippen molar-refractivity contribution in [2.24, 2.45) is 0 Å². The number of ketones is 1. The molecule has 0 amide bonds. The van der Waals surface area contributed by atoms with Crippen LogP contribution in [0.5, 0.6) is 5.75 Å². The minimum absolute atomic E-state index is 0.0110. The standard InChI is InChI=1S/C22H23N3O2/c23-22-10-5-4-7-19(22)15-20(26)12-11-18-16-24-25(17-18)13-6-14-27-21-8-2-1-3-9-21/h1-5,7-12,16-17H,6,13-15,23H2/b12-11+. The summed E-state index contributed by atoms with van der Waals surface area (Å²) in [5.41, 5.74) is 8.26. The molecule has 3 aromatic rings. The summed E-state index contributed by atoms with van der Waals surface area (Å²) in [6, 6.07) is 17.2. The number of anilines is 1. The lowest BCUT2D eigenvalue weighted by molar-refractivity contribution is -0.113. The number of para-hydroxylation sites is 2. The zero-order chi connectivity index (χ0) is 18.9. The molecule has 1 heterocycles. The molecule has 5 heteroatoms. The quantitative estimate of drug-likeness (QED) is 0.358. The molecule has 2 aromatic carbocycles. The largest absolute Gasteiger partial charge is 0.494 e. The van der Waals surface area contributed by atoms with Gasteiger partial charge in [0, 0.05) is 36.8 Å². The Kier molecular flexibility index (Phi) is 6.41. The van der Waals surface area contributed by atoms with Crippen LogP contribution in [0, 0.1) is 0 Å². The molecule has 0 radical (unpaired) electrons. The molecule has 3 rings (SSSR count). The van der Waals surface area contributed by atoms with Crippen LogP contribution in [0.3, 0.4) is 0 Å². The molecule has 0 fully saturated rings. The number of aryl methyl sites for hydroxylation is 1. The molecule has 0 saturated heterocycles. The van der Waals surface area contributed by atoms with E-state index in [1.165, 1.54) is 0 Å². The highest BCUT2D eigenvalue weighted by atomic mass is 16.5. The fourth-order valence-corrected chi connectivity index (χ4v) is 2.65. The number of benzene rings is 2. The van der Waals surface area contributed by atoms with Gasteiger partial charge >= 0.3 is 0 Å². The number of carbonyl (C=O) groups is 1. The van der Waals surface area contributed by atoms with Crippen molar-refractivity contribution in [2.45, 2.75) is 19.4 Å². The predicted molar refractivity (Wildman–Crippen MR) is 107 cm³/mol. The number of rotatable bonds is 9. The normalized spacial score (nSPS) is 11.0. The van der Waals surface area contributed by atoms with Gasteiger partial charge in [-0.15, -0.1) is 0 Å². The van der Waals surface area contributed by atoms with Crippen LogP contribution >= 0.6 is 0 Å². The van der Waals surface area contributed by atoms with E-state index in [0.717, 1.165) is 29.8 Å². The molecule has 27 heavy (non-hydrogen) atoms. The average molecular weight is 361 g/mol. The molecular formula is C22H23N3O2. The summed E-state index contributed by atoms with van der Waals surface area (Å²) in [7, 11) is 0. The van der Waals surface area contributed by atoms with Crippen LogP contribution in [0.2, 0.25) is 0 Å². The van der Waals surface area contributed by atoms with Crippen molar-refractivity contribution < 1.29 is 9.53 Å². The number of hydrogen-bond acceptors (Lipinski definition) is 4. The van der Waals surface area contributed by atoms with Crippen molar-refractivity contribution in [2.75, 3.05) is 12.3 Å². The molecular weight excluding hydrogens is 338 g/mol. The lowest BCUT2D eigenvalue weighted by atomic mass is 10.1. The number of nitrogens with two attached hydrogens (primary N) is 1. The van der Waals surface area contributed by atoms with Gasteiger partial charge in [0.1, 0.15) is 5.75 Å². The fourth-order valence-electron chi connectivity index (χ4n) is 2.65. The maximum absolute atomic E-state index is 12.1. The van der Waals surface area contributed by atoms with E-state index in [1.54, 1.807) is 24.4 Å². The van der Waals surface area contributed by atoms with Gasteiger partial charge in [0.25, 0.3) is 0 Å². The Morgan fingerprint density at radius 3 is 2.70 bits per heavy atom. The number of nitrogens with zero attached hydrogens (tertiary/aromatic N) is 2. The number of ether oxygens (including phenoxy) is 1. The lowest BCUT2D eigenvalue weighted by Gasteiger charge is -2.05. The number of allylic oxidation sites excluding steroid dienone is 1. The van der Waals surface area contributed by atoms with Crippen LogP contribution in [0.4, 0.5) is 5.69 Å². The molecule has 2 N–H and O–H groups in total. The summed E-state index contributed by atoms with van der Waals surface area (Å²) in [4.78, 5) is 12.1. The number of nitrogen functional groups attached to an aromatic ring is 1. The maximum atomic E-state index is 12.1. The molecule has 0 unspecified atom stereocenters. The second-order valence-electron chi connectivity index (χ2n) is 6.23. The molecule has 138 valence electrons. The molecule has 5 nitrogen and oxygen atoms in total. The topological polar surface area (TPSA) is 70.1 Å². The highest BCUT2D eigenvalue weighted by molar-refractivity contribution is 5.95. The minimum Gasteiger partial charge on any atom is -0.494 e. The monoisotopic (exact) mass is 361 g/mol. The molecule has 0 bridgehead atoms. The van der Waals surface area contributed by atoms with Gasteiger partial charge in [0.15, 0.2) is 5.78 Å². The van der Waals surface area contributed by atoms with E-state index in [2.05, 4.69) is 5.10 Å². The number of carbonyl (C=O) groups excluding carboxylic acids is 1. The highest BCUT2D eigenvalue weighted by Crippen LogP contribution is 2.12. The van der Waals surface area contributed by atoms with Gasteiger partial charge in [0.2, 0.25) is 0 Å². The smallest absolute Gasteiger partial charge is 0.160 e. The molecule has 0 aliphatic heterocycles. The van der Waals surface area contributed by atoms with E-state index in [-0.39, 0.29) is 5.78 Å². The Morgan fingerprint density at radius 1 is 1.11 bits per heavy atom. The van der Waals surface area contributed by atoms with Gasteiger partial charge in [-0.1, -0.05) is 36.4 Å². The fraction of sp³-hybridized carbons (Fsp3) is 0.182. The van der Waals surface area contributed by atoms with Gasteiger partial charge in [-0.05, 0) is 35.9 Å². The maximum Gasteiger partial charge on any atom is 0.160 e. The Morgan fingerprint density at radius 2 is 1.89 bits per heavy atom. The van der Waals surface area contributed by atoms with Gasteiger partial charge in [-0.3, -0.25) is 9.48 Å². The van der Waals surface area contributed by atoms with Crippen LogP contribution in [-0.4, -0.2) is 22.2 Å². The van der Waals surface area contributed by atoms with E-state index in [0.29, 0.717) is 18.7 Å². The number of aromatic nitrogens is 2. The first-order chi connectivity index (χ1) is 13.2. The average Bonchev–Trinajstić information content (AvgIpc) is 3.14. The first kappa shape index (κ1) is 18.5. The third-order valence-corrected chi connectivity index (χ3v) is 4.08. The summed E-state index contributed by atoms with van der Waals surface area (Å²) in [5.74, 6) is 0.885. The first-order valence-electron chi connectivity index (χ1n) is 8.95. The van der Waals surface area contributed by atoms with Crippen molar-refractivity contribution in [1.82, 2.24) is 9.78 Å². The van der Waals surface area contributed by atoms with Crippen LogP contribution < -0.4 is 10.5 Å².